The molecule has 0 heterocycles. The highest BCUT2D eigenvalue weighted by Crippen LogP contribution is 2.29. The van der Waals surface area contributed by atoms with Gasteiger partial charge in [-0.15, -0.1) is 0 Å². The summed E-state index contributed by atoms with van der Waals surface area (Å²) in [5.74, 6) is -3.63. The second-order valence-corrected chi connectivity index (χ2v) is 4.92. The van der Waals surface area contributed by atoms with Crippen molar-refractivity contribution in [3.63, 3.8) is 0 Å². The molecule has 1 aliphatic rings. The van der Waals surface area contributed by atoms with E-state index in [1.165, 1.54) is 18.1 Å². The minimum Gasteiger partial charge on any atom is -0.313 e. The van der Waals surface area contributed by atoms with E-state index in [2.05, 4.69) is 11.4 Å². The lowest BCUT2D eigenvalue weighted by molar-refractivity contribution is 0.427. The zero-order valence-corrected chi connectivity index (χ0v) is 11.0. The van der Waals surface area contributed by atoms with Crippen LogP contribution in [0.2, 0.25) is 0 Å². The molecular formula is C15H18F3N. The van der Waals surface area contributed by atoms with Crippen molar-refractivity contribution in [1.29, 1.82) is 0 Å². The normalized spacial score (nSPS) is 17.2. The standard InChI is InChI=1S/C15H18F3N/c1-19-13(9-10-5-3-2-4-6-10)11-7-8-12(16)15(18)14(11)17/h5,7-8,13,19H,2-4,6,9H2,1H3. The summed E-state index contributed by atoms with van der Waals surface area (Å²) in [6.45, 7) is 0. The van der Waals surface area contributed by atoms with E-state index < -0.39 is 17.5 Å². The third-order valence-electron chi connectivity index (χ3n) is 3.64. The lowest BCUT2D eigenvalue weighted by Gasteiger charge is -2.21. The summed E-state index contributed by atoms with van der Waals surface area (Å²) in [6, 6.07) is 1.98. The Balaban J connectivity index is 2.22. The second-order valence-electron chi connectivity index (χ2n) is 4.92. The Labute approximate surface area is 111 Å². The van der Waals surface area contributed by atoms with Gasteiger partial charge < -0.3 is 5.32 Å². The number of hydrogen-bond donors (Lipinski definition) is 1. The number of benzene rings is 1. The molecule has 1 atom stereocenters. The van der Waals surface area contributed by atoms with Crippen molar-refractivity contribution in [3.05, 3.63) is 46.8 Å². The first-order chi connectivity index (χ1) is 9.13. The maximum Gasteiger partial charge on any atom is 0.194 e. The van der Waals surface area contributed by atoms with Crippen LogP contribution < -0.4 is 5.32 Å². The number of halogens is 3. The molecule has 2 rings (SSSR count). The molecular weight excluding hydrogens is 251 g/mol. The van der Waals surface area contributed by atoms with Gasteiger partial charge in [-0.25, -0.2) is 13.2 Å². The summed E-state index contributed by atoms with van der Waals surface area (Å²) in [7, 11) is 1.70. The molecule has 0 amide bonds. The van der Waals surface area contributed by atoms with Gasteiger partial charge in [-0.2, -0.15) is 0 Å². The van der Waals surface area contributed by atoms with Crippen LogP contribution in [0, 0.1) is 17.5 Å². The quantitative estimate of drug-likeness (QED) is 0.636. The molecule has 4 heteroatoms. The molecule has 0 fully saturated rings. The van der Waals surface area contributed by atoms with Crippen molar-refractivity contribution >= 4 is 0 Å². The van der Waals surface area contributed by atoms with E-state index in [-0.39, 0.29) is 11.6 Å². The summed E-state index contributed by atoms with van der Waals surface area (Å²) >= 11 is 0. The number of allylic oxidation sites excluding steroid dienone is 1. The average molecular weight is 269 g/mol. The number of nitrogens with one attached hydrogen (secondary N) is 1. The van der Waals surface area contributed by atoms with E-state index in [0.717, 1.165) is 25.3 Å². The predicted octanol–water partition coefficient (Wildman–Crippen LogP) is 4.25. The summed E-state index contributed by atoms with van der Waals surface area (Å²) < 4.78 is 40.0. The van der Waals surface area contributed by atoms with Gasteiger partial charge in [-0.1, -0.05) is 17.7 Å². The first-order valence-corrected chi connectivity index (χ1v) is 6.62. The fourth-order valence-electron chi connectivity index (χ4n) is 2.53. The number of rotatable bonds is 4. The summed E-state index contributed by atoms with van der Waals surface area (Å²) in [5.41, 5.74) is 1.45. The molecule has 0 aromatic heterocycles. The Morgan fingerprint density at radius 1 is 1.16 bits per heavy atom. The lowest BCUT2D eigenvalue weighted by atomic mass is 9.91. The molecule has 104 valence electrons. The second kappa shape index (κ2) is 6.24. The van der Waals surface area contributed by atoms with Gasteiger partial charge in [-0.05, 0) is 45.2 Å². The van der Waals surface area contributed by atoms with Crippen LogP contribution in [0.4, 0.5) is 13.2 Å². The molecule has 1 N–H and O–H groups in total. The highest BCUT2D eigenvalue weighted by Gasteiger charge is 2.21. The Hall–Kier alpha value is -1.29. The van der Waals surface area contributed by atoms with E-state index >= 15 is 0 Å². The fraction of sp³-hybridized carbons (Fsp3) is 0.467. The van der Waals surface area contributed by atoms with Crippen LogP contribution in [0.15, 0.2) is 23.8 Å². The zero-order valence-electron chi connectivity index (χ0n) is 11.0. The van der Waals surface area contributed by atoms with Gasteiger partial charge in [0.2, 0.25) is 0 Å². The smallest absolute Gasteiger partial charge is 0.194 e. The van der Waals surface area contributed by atoms with E-state index in [1.54, 1.807) is 7.05 Å². The summed E-state index contributed by atoms with van der Waals surface area (Å²) in [5, 5.41) is 2.98. The van der Waals surface area contributed by atoms with E-state index in [1.807, 2.05) is 0 Å². The zero-order chi connectivity index (χ0) is 13.8. The van der Waals surface area contributed by atoms with Crippen molar-refractivity contribution in [1.82, 2.24) is 5.32 Å². The molecule has 1 aromatic rings. The van der Waals surface area contributed by atoms with Crippen LogP contribution in [-0.2, 0) is 0 Å². The van der Waals surface area contributed by atoms with E-state index in [0.29, 0.717) is 6.42 Å². The molecule has 0 spiro atoms. The van der Waals surface area contributed by atoms with Crippen LogP contribution in [0.3, 0.4) is 0 Å². The van der Waals surface area contributed by atoms with E-state index in [9.17, 15) is 13.2 Å². The maximum atomic E-state index is 13.8. The molecule has 1 nitrogen and oxygen atoms in total. The molecule has 0 aliphatic heterocycles. The molecule has 1 aromatic carbocycles. The van der Waals surface area contributed by atoms with Crippen molar-refractivity contribution in [3.8, 4) is 0 Å². The SMILES string of the molecule is CNC(CC1=CCCCC1)c1ccc(F)c(F)c1F. The Bertz CT molecular complexity index is 483. The summed E-state index contributed by atoms with van der Waals surface area (Å²) in [4.78, 5) is 0. The van der Waals surface area contributed by atoms with Crippen LogP contribution in [0.1, 0.15) is 43.7 Å². The van der Waals surface area contributed by atoms with Crippen LogP contribution in [-0.4, -0.2) is 7.05 Å². The Morgan fingerprint density at radius 3 is 2.58 bits per heavy atom. The van der Waals surface area contributed by atoms with Gasteiger partial charge in [-0.3, -0.25) is 0 Å². The van der Waals surface area contributed by atoms with Crippen LogP contribution in [0.25, 0.3) is 0 Å². The van der Waals surface area contributed by atoms with Crippen molar-refractivity contribution in [2.75, 3.05) is 7.05 Å². The molecule has 1 aliphatic carbocycles. The van der Waals surface area contributed by atoms with Gasteiger partial charge in [0.25, 0.3) is 0 Å². The van der Waals surface area contributed by atoms with Crippen molar-refractivity contribution in [2.24, 2.45) is 0 Å². The van der Waals surface area contributed by atoms with E-state index in [4.69, 9.17) is 0 Å². The molecule has 1 unspecified atom stereocenters. The first kappa shape index (κ1) is 14.1. The molecule has 0 radical (unpaired) electrons. The largest absolute Gasteiger partial charge is 0.313 e. The molecule has 0 saturated carbocycles. The van der Waals surface area contributed by atoms with Gasteiger partial charge >= 0.3 is 0 Å². The molecule has 19 heavy (non-hydrogen) atoms. The minimum absolute atomic E-state index is 0.188. The topological polar surface area (TPSA) is 12.0 Å². The first-order valence-electron chi connectivity index (χ1n) is 6.62. The highest BCUT2D eigenvalue weighted by atomic mass is 19.2. The van der Waals surface area contributed by atoms with Crippen molar-refractivity contribution < 1.29 is 13.2 Å². The average Bonchev–Trinajstić information content (AvgIpc) is 2.44. The Kier molecular flexibility index (Phi) is 4.64. The van der Waals surface area contributed by atoms with Crippen LogP contribution >= 0.6 is 0 Å². The highest BCUT2D eigenvalue weighted by molar-refractivity contribution is 5.25. The lowest BCUT2D eigenvalue weighted by Crippen LogP contribution is -2.19. The molecule has 0 saturated heterocycles. The maximum absolute atomic E-state index is 13.8. The molecule has 0 bridgehead atoms. The van der Waals surface area contributed by atoms with Crippen molar-refractivity contribution in [2.45, 2.75) is 38.1 Å². The van der Waals surface area contributed by atoms with Gasteiger partial charge in [0.15, 0.2) is 17.5 Å². The fourth-order valence-corrected chi connectivity index (χ4v) is 2.53. The number of hydrogen-bond acceptors (Lipinski definition) is 1. The predicted molar refractivity (Wildman–Crippen MR) is 69.3 cm³/mol. The minimum atomic E-state index is -1.39. The third-order valence-corrected chi connectivity index (χ3v) is 3.64. The van der Waals surface area contributed by atoms with Gasteiger partial charge in [0.1, 0.15) is 0 Å². The van der Waals surface area contributed by atoms with Crippen LogP contribution in [0.5, 0.6) is 0 Å². The summed E-state index contributed by atoms with van der Waals surface area (Å²) in [6.07, 6.45) is 7.19. The Morgan fingerprint density at radius 2 is 1.95 bits per heavy atom. The van der Waals surface area contributed by atoms with Gasteiger partial charge in [0, 0.05) is 11.6 Å². The third kappa shape index (κ3) is 3.18. The monoisotopic (exact) mass is 269 g/mol. The van der Waals surface area contributed by atoms with Gasteiger partial charge in [0.05, 0.1) is 0 Å².